The van der Waals surface area contributed by atoms with Gasteiger partial charge in [0.2, 0.25) is 0 Å². The molecule has 4 nitrogen and oxygen atoms in total. The minimum atomic E-state index is -0.0611. The molecule has 0 unspecified atom stereocenters. The third-order valence-electron chi connectivity index (χ3n) is 3.38. The molecule has 2 aromatic carbocycles. The zero-order valence-corrected chi connectivity index (χ0v) is 11.9. The van der Waals surface area contributed by atoms with Gasteiger partial charge in [-0.05, 0) is 36.8 Å². The van der Waals surface area contributed by atoms with Gasteiger partial charge >= 0.3 is 0 Å². The first kappa shape index (κ1) is 13.5. The van der Waals surface area contributed by atoms with Crippen LogP contribution in [0.3, 0.4) is 0 Å². The van der Waals surface area contributed by atoms with Crippen LogP contribution in [0.5, 0.6) is 11.5 Å². The van der Waals surface area contributed by atoms with E-state index >= 15 is 0 Å². The van der Waals surface area contributed by atoms with E-state index in [4.69, 9.17) is 9.47 Å². The first-order valence-corrected chi connectivity index (χ1v) is 6.96. The number of carbonyl (C=O) groups is 1. The Morgan fingerprint density at radius 2 is 2.05 bits per heavy atom. The molecule has 0 radical (unpaired) electrons. The number of nitrogens with zero attached hydrogens (tertiary/aromatic N) is 1. The second-order valence-corrected chi connectivity index (χ2v) is 4.97. The van der Waals surface area contributed by atoms with Gasteiger partial charge in [0.15, 0.2) is 6.61 Å². The lowest BCUT2D eigenvalue weighted by Crippen LogP contribution is -2.40. The molecule has 1 aliphatic heterocycles. The average molecular weight is 283 g/mol. The third kappa shape index (κ3) is 2.99. The minimum absolute atomic E-state index is 0.0252. The molecule has 0 aliphatic carbocycles. The van der Waals surface area contributed by atoms with Crippen LogP contribution in [0.1, 0.15) is 5.56 Å². The fraction of sp³-hybridized carbons (Fsp3) is 0.235. The Balaban J connectivity index is 1.73. The zero-order valence-electron chi connectivity index (χ0n) is 11.9. The maximum atomic E-state index is 12.4. The highest BCUT2D eigenvalue weighted by Crippen LogP contribution is 2.32. The SMILES string of the molecule is Cc1ccc2c(c1)N(C(=O)COc1ccccc1)CCO2. The van der Waals surface area contributed by atoms with Crippen LogP contribution in [0.2, 0.25) is 0 Å². The van der Waals surface area contributed by atoms with E-state index in [0.29, 0.717) is 18.9 Å². The van der Waals surface area contributed by atoms with E-state index in [0.717, 1.165) is 17.0 Å². The molecular weight excluding hydrogens is 266 g/mol. The van der Waals surface area contributed by atoms with Crippen molar-refractivity contribution in [3.63, 3.8) is 0 Å². The molecule has 3 rings (SSSR count). The highest BCUT2D eigenvalue weighted by atomic mass is 16.5. The number of anilines is 1. The summed E-state index contributed by atoms with van der Waals surface area (Å²) in [5, 5.41) is 0. The van der Waals surface area contributed by atoms with Gasteiger partial charge < -0.3 is 14.4 Å². The Morgan fingerprint density at radius 1 is 1.24 bits per heavy atom. The van der Waals surface area contributed by atoms with Crippen LogP contribution in [0, 0.1) is 6.92 Å². The van der Waals surface area contributed by atoms with Crippen molar-refractivity contribution in [3.05, 3.63) is 54.1 Å². The summed E-state index contributed by atoms with van der Waals surface area (Å²) < 4.78 is 11.1. The smallest absolute Gasteiger partial charge is 0.265 e. The van der Waals surface area contributed by atoms with Gasteiger partial charge in [-0.1, -0.05) is 24.3 Å². The van der Waals surface area contributed by atoms with Crippen molar-refractivity contribution < 1.29 is 14.3 Å². The molecule has 0 spiro atoms. The number of fused-ring (bicyclic) bond motifs is 1. The first-order chi connectivity index (χ1) is 10.2. The first-order valence-electron chi connectivity index (χ1n) is 6.96. The minimum Gasteiger partial charge on any atom is -0.490 e. The van der Waals surface area contributed by atoms with E-state index in [9.17, 15) is 4.79 Å². The summed E-state index contributed by atoms with van der Waals surface area (Å²) in [7, 11) is 0. The van der Waals surface area contributed by atoms with Gasteiger partial charge in [0, 0.05) is 0 Å². The predicted molar refractivity (Wildman–Crippen MR) is 81.0 cm³/mol. The van der Waals surface area contributed by atoms with Gasteiger partial charge in [0.25, 0.3) is 5.91 Å². The number of para-hydroxylation sites is 1. The average Bonchev–Trinajstić information content (AvgIpc) is 2.53. The van der Waals surface area contributed by atoms with Crippen molar-refractivity contribution in [2.45, 2.75) is 6.92 Å². The summed E-state index contributed by atoms with van der Waals surface area (Å²) >= 11 is 0. The van der Waals surface area contributed by atoms with Gasteiger partial charge in [-0.3, -0.25) is 4.79 Å². The van der Waals surface area contributed by atoms with Crippen molar-refractivity contribution in [2.75, 3.05) is 24.7 Å². The van der Waals surface area contributed by atoms with E-state index in [-0.39, 0.29) is 12.5 Å². The standard InChI is InChI=1S/C17H17NO3/c1-13-7-8-16-15(11-13)18(9-10-20-16)17(19)12-21-14-5-3-2-4-6-14/h2-8,11H,9-10,12H2,1H3. The topological polar surface area (TPSA) is 38.8 Å². The lowest BCUT2D eigenvalue weighted by molar-refractivity contribution is -0.120. The molecule has 0 aromatic heterocycles. The maximum absolute atomic E-state index is 12.4. The predicted octanol–water partition coefficient (Wildman–Crippen LogP) is 2.80. The number of hydrogen-bond acceptors (Lipinski definition) is 3. The summed E-state index contributed by atoms with van der Waals surface area (Å²) in [5.74, 6) is 1.39. The number of carbonyl (C=O) groups excluding carboxylic acids is 1. The van der Waals surface area contributed by atoms with Crippen molar-refractivity contribution in [1.29, 1.82) is 0 Å². The van der Waals surface area contributed by atoms with E-state index in [1.165, 1.54) is 0 Å². The summed E-state index contributed by atoms with van der Waals surface area (Å²) in [5.41, 5.74) is 1.92. The highest BCUT2D eigenvalue weighted by molar-refractivity contribution is 5.96. The quantitative estimate of drug-likeness (QED) is 0.869. The molecule has 2 aromatic rings. The van der Waals surface area contributed by atoms with Gasteiger partial charge in [0.05, 0.1) is 12.2 Å². The summed E-state index contributed by atoms with van der Waals surface area (Å²) in [6.45, 7) is 3.08. The van der Waals surface area contributed by atoms with Gasteiger partial charge in [0.1, 0.15) is 18.1 Å². The molecule has 1 heterocycles. The van der Waals surface area contributed by atoms with Crippen LogP contribution in [-0.4, -0.2) is 25.7 Å². The van der Waals surface area contributed by atoms with Crippen LogP contribution in [0.25, 0.3) is 0 Å². The molecule has 0 bridgehead atoms. The molecule has 0 N–H and O–H groups in total. The molecule has 1 aliphatic rings. The van der Waals surface area contributed by atoms with E-state index in [1.807, 2.05) is 55.5 Å². The molecule has 0 saturated heterocycles. The maximum Gasteiger partial charge on any atom is 0.265 e. The molecule has 0 saturated carbocycles. The Kier molecular flexibility index (Phi) is 3.77. The molecular formula is C17H17NO3. The Labute approximate surface area is 123 Å². The number of amides is 1. The van der Waals surface area contributed by atoms with E-state index in [2.05, 4.69) is 0 Å². The third-order valence-corrected chi connectivity index (χ3v) is 3.38. The monoisotopic (exact) mass is 283 g/mol. The number of benzene rings is 2. The second kappa shape index (κ2) is 5.87. The lowest BCUT2D eigenvalue weighted by atomic mass is 10.1. The van der Waals surface area contributed by atoms with Gasteiger partial charge in [-0.15, -0.1) is 0 Å². The van der Waals surface area contributed by atoms with E-state index in [1.54, 1.807) is 4.90 Å². The van der Waals surface area contributed by atoms with Crippen LogP contribution in [-0.2, 0) is 4.79 Å². The number of ether oxygens (including phenoxy) is 2. The molecule has 108 valence electrons. The van der Waals surface area contributed by atoms with Crippen molar-refractivity contribution >= 4 is 11.6 Å². The summed E-state index contributed by atoms with van der Waals surface area (Å²) in [6, 6.07) is 15.2. The lowest BCUT2D eigenvalue weighted by Gasteiger charge is -2.29. The van der Waals surface area contributed by atoms with Crippen LogP contribution in [0.4, 0.5) is 5.69 Å². The molecule has 21 heavy (non-hydrogen) atoms. The molecule has 0 fully saturated rings. The van der Waals surface area contributed by atoms with Crippen LogP contribution >= 0.6 is 0 Å². The number of rotatable bonds is 3. The zero-order chi connectivity index (χ0) is 14.7. The molecule has 0 atom stereocenters. The Hall–Kier alpha value is -2.49. The largest absolute Gasteiger partial charge is 0.490 e. The summed E-state index contributed by atoms with van der Waals surface area (Å²) in [4.78, 5) is 14.1. The highest BCUT2D eigenvalue weighted by Gasteiger charge is 2.23. The van der Waals surface area contributed by atoms with E-state index < -0.39 is 0 Å². The van der Waals surface area contributed by atoms with Crippen LogP contribution < -0.4 is 14.4 Å². The van der Waals surface area contributed by atoms with Gasteiger partial charge in [-0.2, -0.15) is 0 Å². The Morgan fingerprint density at radius 3 is 2.86 bits per heavy atom. The molecule has 4 heteroatoms. The fourth-order valence-electron chi connectivity index (χ4n) is 2.33. The summed E-state index contributed by atoms with van der Waals surface area (Å²) in [6.07, 6.45) is 0. The Bertz CT molecular complexity index is 640. The number of aryl methyl sites for hydroxylation is 1. The normalized spacial score (nSPS) is 13.3. The van der Waals surface area contributed by atoms with Crippen LogP contribution in [0.15, 0.2) is 48.5 Å². The van der Waals surface area contributed by atoms with Crippen molar-refractivity contribution in [2.24, 2.45) is 0 Å². The van der Waals surface area contributed by atoms with Gasteiger partial charge in [-0.25, -0.2) is 0 Å². The fourth-order valence-corrected chi connectivity index (χ4v) is 2.33. The van der Waals surface area contributed by atoms with Crippen molar-refractivity contribution in [1.82, 2.24) is 0 Å². The number of hydrogen-bond donors (Lipinski definition) is 0. The second-order valence-electron chi connectivity index (χ2n) is 4.97. The van der Waals surface area contributed by atoms with Crippen molar-refractivity contribution in [3.8, 4) is 11.5 Å². The molecule has 1 amide bonds.